The van der Waals surface area contributed by atoms with E-state index in [1.165, 1.54) is 12.1 Å². The van der Waals surface area contributed by atoms with Gasteiger partial charge in [-0.2, -0.15) is 0 Å². The molecule has 2 atom stereocenters. The molecule has 0 bridgehead atoms. The number of nitrogens with zero attached hydrogens (tertiary/aromatic N) is 1. The maximum Gasteiger partial charge on any atom is 0.238 e. The second-order valence-electron chi connectivity index (χ2n) is 4.52. The number of pyridine rings is 1. The van der Waals surface area contributed by atoms with E-state index in [-0.39, 0.29) is 16.2 Å². The Kier molecular flexibility index (Phi) is 3.04. The average molecular weight is 295 g/mol. The third kappa shape index (κ3) is 2.37. The molecule has 2 rings (SSSR count). The van der Waals surface area contributed by atoms with E-state index in [9.17, 15) is 8.42 Å². The van der Waals surface area contributed by atoms with Crippen LogP contribution in [0.3, 0.4) is 0 Å². The molecular weight excluding hydrogens is 283 g/mol. The molecule has 1 heterocycles. The number of rotatable bonds is 3. The van der Waals surface area contributed by atoms with Crippen LogP contribution in [0.1, 0.15) is 20.3 Å². The van der Waals surface area contributed by atoms with E-state index in [4.69, 9.17) is 23.2 Å². The fourth-order valence-corrected chi connectivity index (χ4v) is 3.84. The van der Waals surface area contributed by atoms with E-state index in [0.717, 1.165) is 0 Å². The molecular formula is C10H12Cl2N2O2S. The SMILES string of the molecule is C[C@@H]1C[C@@]1(C)S(=O)(=O)Nc1cc(Cl)nc(Cl)c1. The summed E-state index contributed by atoms with van der Waals surface area (Å²) in [4.78, 5) is 3.75. The highest BCUT2D eigenvalue weighted by molar-refractivity contribution is 7.94. The zero-order valence-corrected chi connectivity index (χ0v) is 11.7. The fraction of sp³-hybridized carbons (Fsp3) is 0.500. The van der Waals surface area contributed by atoms with Crippen molar-refractivity contribution in [1.82, 2.24) is 4.98 Å². The van der Waals surface area contributed by atoms with Gasteiger partial charge in [0.05, 0.1) is 10.4 Å². The van der Waals surface area contributed by atoms with Gasteiger partial charge in [-0.15, -0.1) is 0 Å². The van der Waals surface area contributed by atoms with Crippen molar-refractivity contribution in [2.24, 2.45) is 5.92 Å². The van der Waals surface area contributed by atoms with Gasteiger partial charge >= 0.3 is 0 Å². The largest absolute Gasteiger partial charge is 0.283 e. The number of anilines is 1. The number of halogens is 2. The molecule has 0 aromatic carbocycles. The van der Waals surface area contributed by atoms with Crippen molar-refractivity contribution in [3.05, 3.63) is 22.4 Å². The third-order valence-electron chi connectivity index (χ3n) is 3.22. The Balaban J connectivity index is 2.27. The van der Waals surface area contributed by atoms with Crippen LogP contribution in [0, 0.1) is 5.92 Å². The van der Waals surface area contributed by atoms with E-state index >= 15 is 0 Å². The fourth-order valence-electron chi connectivity index (χ4n) is 1.72. The van der Waals surface area contributed by atoms with Gasteiger partial charge in [-0.25, -0.2) is 13.4 Å². The molecule has 1 fully saturated rings. The third-order valence-corrected chi connectivity index (χ3v) is 5.91. The first-order valence-corrected chi connectivity index (χ1v) is 7.34. The van der Waals surface area contributed by atoms with E-state index in [1.807, 2.05) is 6.92 Å². The van der Waals surface area contributed by atoms with Crippen molar-refractivity contribution in [2.45, 2.75) is 25.0 Å². The predicted octanol–water partition coefficient (Wildman–Crippen LogP) is 2.93. The lowest BCUT2D eigenvalue weighted by Gasteiger charge is -2.14. The summed E-state index contributed by atoms with van der Waals surface area (Å²) in [5.41, 5.74) is 0.343. The number of aromatic nitrogens is 1. The van der Waals surface area contributed by atoms with Gasteiger partial charge in [-0.3, -0.25) is 4.72 Å². The molecule has 17 heavy (non-hydrogen) atoms. The Morgan fingerprint density at radius 3 is 2.29 bits per heavy atom. The second kappa shape index (κ2) is 4.00. The first kappa shape index (κ1) is 12.9. The standard InChI is InChI=1S/C10H12Cl2N2O2S/c1-6-5-10(6,2)17(15,16)14-7-3-8(11)13-9(12)4-7/h3-4,6H,5H2,1-2H3,(H,13,14)/t6-,10-/m1/s1. The highest BCUT2D eigenvalue weighted by Crippen LogP contribution is 2.49. The van der Waals surface area contributed by atoms with Crippen LogP contribution in [0.2, 0.25) is 10.3 Å². The Morgan fingerprint density at radius 1 is 1.41 bits per heavy atom. The monoisotopic (exact) mass is 294 g/mol. The highest BCUT2D eigenvalue weighted by atomic mass is 35.5. The smallest absolute Gasteiger partial charge is 0.238 e. The van der Waals surface area contributed by atoms with Crippen molar-refractivity contribution < 1.29 is 8.42 Å². The molecule has 1 aromatic heterocycles. The topological polar surface area (TPSA) is 59.1 Å². The maximum absolute atomic E-state index is 12.1. The predicted molar refractivity (Wildman–Crippen MR) is 69.0 cm³/mol. The lowest BCUT2D eigenvalue weighted by Crippen LogP contribution is -2.28. The summed E-state index contributed by atoms with van der Waals surface area (Å²) in [6.07, 6.45) is 0.662. The molecule has 1 N–H and O–H groups in total. The summed E-state index contributed by atoms with van der Waals surface area (Å²) in [5.74, 6) is 0.160. The van der Waals surface area contributed by atoms with E-state index in [1.54, 1.807) is 6.92 Å². The molecule has 4 nitrogen and oxygen atoms in total. The quantitative estimate of drug-likeness (QED) is 0.872. The number of hydrogen-bond donors (Lipinski definition) is 1. The van der Waals surface area contributed by atoms with E-state index < -0.39 is 14.8 Å². The molecule has 1 aliphatic carbocycles. The van der Waals surface area contributed by atoms with Gasteiger partial charge < -0.3 is 0 Å². The minimum Gasteiger partial charge on any atom is -0.283 e. The van der Waals surface area contributed by atoms with Crippen LogP contribution in [-0.2, 0) is 10.0 Å². The summed E-state index contributed by atoms with van der Waals surface area (Å²) in [7, 11) is -3.42. The van der Waals surface area contributed by atoms with Gasteiger partial charge in [-0.1, -0.05) is 30.1 Å². The number of sulfonamides is 1. The van der Waals surface area contributed by atoms with Crippen molar-refractivity contribution in [2.75, 3.05) is 4.72 Å². The summed E-state index contributed by atoms with van der Waals surface area (Å²) in [6, 6.07) is 2.86. The van der Waals surface area contributed by atoms with Crippen molar-refractivity contribution in [3.8, 4) is 0 Å². The van der Waals surface area contributed by atoms with E-state index in [2.05, 4.69) is 9.71 Å². The summed E-state index contributed by atoms with van der Waals surface area (Å²) in [6.45, 7) is 3.64. The minimum atomic E-state index is -3.42. The molecule has 0 spiro atoms. The van der Waals surface area contributed by atoms with Gasteiger partial charge in [0, 0.05) is 0 Å². The average Bonchev–Trinajstić information content (AvgIpc) is 2.73. The van der Waals surface area contributed by atoms with Crippen LogP contribution >= 0.6 is 23.2 Å². The van der Waals surface area contributed by atoms with Gasteiger partial charge in [0.1, 0.15) is 10.3 Å². The van der Waals surface area contributed by atoms with Crippen LogP contribution in [0.5, 0.6) is 0 Å². The zero-order valence-electron chi connectivity index (χ0n) is 9.37. The second-order valence-corrected chi connectivity index (χ2v) is 7.44. The first-order valence-electron chi connectivity index (χ1n) is 5.10. The molecule has 7 heteroatoms. The Morgan fingerprint density at radius 2 is 1.88 bits per heavy atom. The number of nitrogens with one attached hydrogen (secondary N) is 1. The minimum absolute atomic E-state index is 0.157. The molecule has 1 aromatic rings. The van der Waals surface area contributed by atoms with Crippen LogP contribution in [0.4, 0.5) is 5.69 Å². The van der Waals surface area contributed by atoms with Crippen molar-refractivity contribution in [3.63, 3.8) is 0 Å². The normalized spacial score (nSPS) is 27.9. The Labute approximate surface area is 110 Å². The summed E-state index contributed by atoms with van der Waals surface area (Å²) in [5, 5.41) is 0.313. The molecule has 0 amide bonds. The highest BCUT2D eigenvalue weighted by Gasteiger charge is 2.57. The van der Waals surface area contributed by atoms with E-state index in [0.29, 0.717) is 12.1 Å². The molecule has 1 saturated carbocycles. The Hall–Kier alpha value is -0.520. The molecule has 0 aliphatic heterocycles. The summed E-state index contributed by atoms with van der Waals surface area (Å²) < 4.78 is 26.0. The van der Waals surface area contributed by atoms with Gasteiger partial charge in [0.15, 0.2) is 0 Å². The van der Waals surface area contributed by atoms with Crippen molar-refractivity contribution >= 4 is 38.9 Å². The van der Waals surface area contributed by atoms with Crippen LogP contribution in [-0.4, -0.2) is 18.1 Å². The first-order chi connectivity index (χ1) is 7.74. The lowest BCUT2D eigenvalue weighted by atomic mass is 10.4. The van der Waals surface area contributed by atoms with Crippen LogP contribution in [0.25, 0.3) is 0 Å². The molecule has 1 aliphatic rings. The molecule has 0 unspecified atom stereocenters. The molecule has 94 valence electrons. The van der Waals surface area contributed by atoms with Gasteiger partial charge in [0.2, 0.25) is 10.0 Å². The van der Waals surface area contributed by atoms with Crippen LogP contribution in [0.15, 0.2) is 12.1 Å². The van der Waals surface area contributed by atoms with Gasteiger partial charge in [0.25, 0.3) is 0 Å². The van der Waals surface area contributed by atoms with Crippen LogP contribution < -0.4 is 4.72 Å². The number of hydrogen-bond acceptors (Lipinski definition) is 3. The van der Waals surface area contributed by atoms with Crippen molar-refractivity contribution in [1.29, 1.82) is 0 Å². The summed E-state index contributed by atoms with van der Waals surface area (Å²) >= 11 is 11.4. The van der Waals surface area contributed by atoms with Gasteiger partial charge in [-0.05, 0) is 31.4 Å². The molecule has 0 saturated heterocycles. The zero-order chi connectivity index (χ0) is 12.8. The lowest BCUT2D eigenvalue weighted by molar-refractivity contribution is 0.582. The maximum atomic E-state index is 12.1. The Bertz CT molecular complexity index is 541. The molecule has 0 radical (unpaired) electrons.